The maximum Gasteiger partial charge on any atom is 1.00 e. The van der Waals surface area contributed by atoms with Gasteiger partial charge in [0.05, 0.1) is 70.2 Å². The zero-order chi connectivity index (χ0) is 49.1. The number of aliphatic hydroxyl groups excluding tert-OH is 2. The third-order valence-electron chi connectivity index (χ3n) is 7.88. The molecule has 0 bridgehead atoms. The summed E-state index contributed by atoms with van der Waals surface area (Å²) in [5, 5.41) is 57.0. The van der Waals surface area contributed by atoms with Gasteiger partial charge in [-0.1, -0.05) is 14.9 Å². The Kier molecular flexibility index (Phi) is 47.0. The number of rotatable bonds is 11. The predicted molar refractivity (Wildman–Crippen MR) is 259 cm³/mol. The van der Waals surface area contributed by atoms with Crippen molar-refractivity contribution in [2.75, 3.05) is 0 Å². The van der Waals surface area contributed by atoms with Crippen molar-refractivity contribution in [2.24, 2.45) is 0 Å². The van der Waals surface area contributed by atoms with Gasteiger partial charge in [0, 0.05) is 96.0 Å². The van der Waals surface area contributed by atoms with Gasteiger partial charge in [0.15, 0.2) is 12.6 Å². The van der Waals surface area contributed by atoms with E-state index in [4.69, 9.17) is 20.3 Å². The Labute approximate surface area is 554 Å². The van der Waals surface area contributed by atoms with Crippen LogP contribution in [0.15, 0.2) is 147 Å². The first-order valence-corrected chi connectivity index (χ1v) is 19.4. The van der Waals surface area contributed by atoms with Crippen LogP contribution in [0.4, 0.5) is 21.5 Å². The average Bonchev–Trinajstić information content (AvgIpc) is 4.22. The number of halogens is 3. The standard InChI is InChI=1S/C10H9IN2O.C10H9N3O3.C10H7N3O3.C6H4FNO2.C4H4N2O.CH2O3.2CH4.CH3.HI.2K.Pd.H/c11-8-1-3-10(4-2-8)13-5-9(6-14)12-7-13;2*14-6-8-5-12(7-11-8)9-1-3-10(4-2-9)13(15)16;7-5-1-3-6(4-2-5)8(9)10;7-2-4-1-5-3-6-4;2-1-4-3;;;;;;;;/h1-5,7,14H,6H2;1-5,7,14H,6H2;1-7H;1-4H;1-3H,(H,5,6);1,3H;2*1H4;1H3;1H;;;;/q;;;;;;;;-1;;2*+1;;-1/p-2. The molecule has 0 radical (unpaired) electrons. The van der Waals surface area contributed by atoms with Crippen LogP contribution in [0.5, 0.6) is 0 Å². The molecule has 4 aromatic carbocycles. The number of benzene rings is 4. The molecule has 74 heavy (non-hydrogen) atoms. The van der Waals surface area contributed by atoms with E-state index in [1.165, 1.54) is 46.7 Å². The number of nitro groups is 3. The molecule has 390 valence electrons. The summed E-state index contributed by atoms with van der Waals surface area (Å²) in [6, 6.07) is 24.5. The number of nitrogens with zero attached hydrogens (tertiary/aromatic N) is 10. The minimum atomic E-state index is -0.570. The first kappa shape index (κ1) is 78.8. The van der Waals surface area contributed by atoms with Gasteiger partial charge in [0.25, 0.3) is 23.5 Å². The second-order valence-corrected chi connectivity index (χ2v) is 13.5. The average molecular weight is 1390 g/mol. The van der Waals surface area contributed by atoms with Crippen LogP contribution in [0.25, 0.3) is 17.1 Å². The summed E-state index contributed by atoms with van der Waals surface area (Å²) in [6.45, 7) is -0.322. The van der Waals surface area contributed by atoms with Crippen LogP contribution < -0.4 is 132 Å². The Bertz CT molecular complexity index is 2800. The molecule has 4 aromatic heterocycles. The number of nitro benzene ring substituents is 3. The van der Waals surface area contributed by atoms with Gasteiger partial charge in [-0.05, 0) is 83.3 Å². The molecule has 0 amide bonds. The molecule has 24 nitrogen and oxygen atoms in total. The summed E-state index contributed by atoms with van der Waals surface area (Å²) >= 11 is 2.26. The van der Waals surface area contributed by atoms with Crippen LogP contribution in [0.3, 0.4) is 0 Å². The number of aliphatic hydroxyl groups is 2. The van der Waals surface area contributed by atoms with E-state index in [-0.39, 0.29) is 208 Å². The number of hydrogen-bond donors (Lipinski definition) is 3. The number of H-pyrrole nitrogens is 1. The van der Waals surface area contributed by atoms with Gasteiger partial charge in [0.1, 0.15) is 17.8 Å². The molecular weight excluding hydrogens is 1350 g/mol. The molecule has 0 atom stereocenters. The molecular formula is C44H46FI2K2N11O13Pd-2. The molecule has 4 heterocycles. The Morgan fingerprint density at radius 1 is 0.649 bits per heavy atom. The molecule has 8 aromatic rings. The molecule has 8 rings (SSSR count). The van der Waals surface area contributed by atoms with Gasteiger partial charge in [-0.3, -0.25) is 44.7 Å². The third-order valence-corrected chi connectivity index (χ3v) is 8.60. The normalized spacial score (nSPS) is 8.72. The van der Waals surface area contributed by atoms with E-state index in [1.54, 1.807) is 58.4 Å². The minimum Gasteiger partial charge on any atom is -1.00 e. The van der Waals surface area contributed by atoms with Crippen LogP contribution in [0, 0.1) is 47.2 Å². The number of hydrogen-bond acceptors (Lipinski definition) is 17. The molecule has 0 saturated carbocycles. The number of carbonyl (C=O) groups is 3. The Hall–Kier alpha value is -4.06. The number of carbonyl (C=O) groups excluding carboxylic acids is 3. The van der Waals surface area contributed by atoms with E-state index in [0.29, 0.717) is 41.0 Å². The Morgan fingerprint density at radius 2 is 1.00 bits per heavy atom. The van der Waals surface area contributed by atoms with Crippen molar-refractivity contribution in [3.63, 3.8) is 0 Å². The zero-order valence-electron chi connectivity index (χ0n) is 38.8. The van der Waals surface area contributed by atoms with E-state index in [9.17, 15) is 44.3 Å². The van der Waals surface area contributed by atoms with Crippen molar-refractivity contribution in [3.05, 3.63) is 217 Å². The minimum absolute atomic E-state index is 0. The summed E-state index contributed by atoms with van der Waals surface area (Å²) in [5.74, 6) is -0.467. The van der Waals surface area contributed by atoms with E-state index in [0.717, 1.165) is 35.6 Å². The molecule has 0 aliphatic carbocycles. The summed E-state index contributed by atoms with van der Waals surface area (Å²) in [5.41, 5.74) is 4.58. The first-order chi connectivity index (χ1) is 32.2. The summed E-state index contributed by atoms with van der Waals surface area (Å²) in [7, 11) is 0. The summed E-state index contributed by atoms with van der Waals surface area (Å²) in [4.78, 5) is 78.9. The van der Waals surface area contributed by atoms with Gasteiger partial charge in [-0.25, -0.2) is 24.3 Å². The van der Waals surface area contributed by atoms with Crippen molar-refractivity contribution >= 4 is 58.7 Å². The molecule has 0 unspecified atom stereocenters. The van der Waals surface area contributed by atoms with Crippen LogP contribution >= 0.6 is 22.6 Å². The van der Waals surface area contributed by atoms with Crippen LogP contribution in [0.1, 0.15) is 48.6 Å². The van der Waals surface area contributed by atoms with Crippen molar-refractivity contribution in [2.45, 2.75) is 28.1 Å². The zero-order valence-corrected chi connectivity index (χ0v) is 49.9. The smallest absolute Gasteiger partial charge is 1.00 e. The topological polar surface area (TPSA) is 336 Å². The number of aromatic amines is 1. The molecule has 30 heteroatoms. The van der Waals surface area contributed by atoms with E-state index in [1.807, 2.05) is 35.0 Å². The van der Waals surface area contributed by atoms with Crippen LogP contribution in [-0.4, -0.2) is 82.6 Å². The van der Waals surface area contributed by atoms with Crippen LogP contribution in [0.2, 0.25) is 0 Å². The van der Waals surface area contributed by atoms with E-state index < -0.39 is 20.6 Å². The molecule has 3 N–H and O–H groups in total. The first-order valence-electron chi connectivity index (χ1n) is 18.3. The summed E-state index contributed by atoms with van der Waals surface area (Å²) < 4.78 is 18.5. The molecule has 0 spiro atoms. The second kappa shape index (κ2) is 44.1. The van der Waals surface area contributed by atoms with E-state index >= 15 is 0 Å². The Morgan fingerprint density at radius 3 is 1.27 bits per heavy atom. The fourth-order valence-electron chi connectivity index (χ4n) is 4.71. The van der Waals surface area contributed by atoms with Gasteiger partial charge >= 0.3 is 103 Å². The second-order valence-electron chi connectivity index (χ2n) is 12.3. The number of non-ortho nitro benzene ring substituents is 3. The van der Waals surface area contributed by atoms with E-state index in [2.05, 4.69) is 52.4 Å². The van der Waals surface area contributed by atoms with Crippen molar-refractivity contribution in [3.8, 4) is 17.1 Å². The molecule has 0 saturated heterocycles. The SMILES string of the molecule is C.C.O=CO[O-].O=Cc1cn(-c2ccc([N+](=O)[O-])cc2)cn1.O=Cc1cnc[nH]1.O=[N+]([O-])c1ccc(-n2cnc(CO)c2)cc1.O=[N+]([O-])c1ccc(F)cc1.OCc1cn(-c2ccc(I)cc2)cn1.[CH3-].[H-].[I-].[K+].[K+].[Pd]. The monoisotopic (exact) mass is 1390 g/mol. The van der Waals surface area contributed by atoms with Gasteiger partial charge in [-0.15, -0.1) is 0 Å². The molecule has 0 fully saturated rings. The van der Waals surface area contributed by atoms with Gasteiger partial charge in [-0.2, -0.15) is 0 Å². The van der Waals surface area contributed by atoms with Gasteiger partial charge < -0.3 is 71.9 Å². The maximum absolute atomic E-state index is 12.1. The maximum atomic E-state index is 12.1. The van der Waals surface area contributed by atoms with Crippen molar-refractivity contribution in [1.29, 1.82) is 0 Å². The fourth-order valence-corrected chi connectivity index (χ4v) is 5.07. The van der Waals surface area contributed by atoms with Crippen LogP contribution in [-0.2, 0) is 43.3 Å². The number of aromatic nitrogens is 8. The fraction of sp³-hybridized carbons (Fsp3) is 0.0909. The molecule has 0 aliphatic rings. The number of aldehydes is 2. The number of nitrogens with one attached hydrogen (secondary N) is 1. The largest absolute Gasteiger partial charge is 1.00 e. The predicted octanol–water partition coefficient (Wildman–Crippen LogP) is -1.93. The number of imidazole rings is 4. The van der Waals surface area contributed by atoms with Crippen molar-refractivity contribution < 1.29 is 202 Å². The Balaban J connectivity index is -0.000000193. The van der Waals surface area contributed by atoms with Gasteiger partial charge in [0.2, 0.25) is 0 Å². The third kappa shape index (κ3) is 28.7. The molecule has 0 aliphatic heterocycles. The van der Waals surface area contributed by atoms with Crippen molar-refractivity contribution in [1.82, 2.24) is 38.6 Å². The summed E-state index contributed by atoms with van der Waals surface area (Å²) in [6.07, 6.45) is 14.1. The quantitative estimate of drug-likeness (QED) is 0.0242.